The highest BCUT2D eigenvalue weighted by Crippen LogP contribution is 2.16. The second-order valence-corrected chi connectivity index (χ2v) is 5.08. The Kier molecular flexibility index (Phi) is 5.60. The summed E-state index contributed by atoms with van der Waals surface area (Å²) in [4.78, 5) is 26.3. The number of aliphatic carboxylic acids is 1. The van der Waals surface area contributed by atoms with Crippen LogP contribution in [-0.2, 0) is 14.3 Å². The summed E-state index contributed by atoms with van der Waals surface area (Å²) in [5.74, 6) is -0.843. The first-order valence-electron chi connectivity index (χ1n) is 7.12. The lowest BCUT2D eigenvalue weighted by Crippen LogP contribution is -2.51. The number of carboxylic acids is 1. The second kappa shape index (κ2) is 7.44. The van der Waals surface area contributed by atoms with Gasteiger partial charge < -0.3 is 24.4 Å². The van der Waals surface area contributed by atoms with Crippen LogP contribution in [0.4, 0.5) is 4.79 Å². The van der Waals surface area contributed by atoms with Gasteiger partial charge in [0.2, 0.25) is 0 Å². The van der Waals surface area contributed by atoms with Gasteiger partial charge in [0.25, 0.3) is 0 Å². The van der Waals surface area contributed by atoms with E-state index in [-0.39, 0.29) is 25.2 Å². The Balaban J connectivity index is 1.68. The molecule has 2 heterocycles. The van der Waals surface area contributed by atoms with Crippen molar-refractivity contribution in [2.24, 2.45) is 0 Å². The number of hydrogen-bond donors (Lipinski definition) is 1. The van der Waals surface area contributed by atoms with Gasteiger partial charge in [0.1, 0.15) is 0 Å². The number of hydrogen-bond acceptors (Lipinski definition) is 4. The zero-order chi connectivity index (χ0) is 14.4. The molecule has 0 aromatic heterocycles. The van der Waals surface area contributed by atoms with Crippen LogP contribution in [0, 0.1) is 0 Å². The molecule has 2 rings (SSSR count). The summed E-state index contributed by atoms with van der Waals surface area (Å²) in [5.41, 5.74) is 0. The number of urea groups is 1. The van der Waals surface area contributed by atoms with Crippen LogP contribution in [0.1, 0.15) is 19.3 Å². The largest absolute Gasteiger partial charge is 0.481 e. The van der Waals surface area contributed by atoms with Gasteiger partial charge in [-0.25, -0.2) is 4.79 Å². The number of ether oxygens (including phenoxy) is 2. The van der Waals surface area contributed by atoms with Crippen molar-refractivity contribution in [1.29, 1.82) is 0 Å². The van der Waals surface area contributed by atoms with Crippen molar-refractivity contribution in [3.8, 4) is 0 Å². The summed E-state index contributed by atoms with van der Waals surface area (Å²) in [6.45, 7) is 4.14. The van der Waals surface area contributed by atoms with Crippen molar-refractivity contribution in [2.45, 2.75) is 25.4 Å². The van der Waals surface area contributed by atoms with E-state index < -0.39 is 5.97 Å². The average molecular weight is 286 g/mol. The number of morpholine rings is 1. The molecule has 0 radical (unpaired) electrons. The number of nitrogens with zero attached hydrogens (tertiary/aromatic N) is 2. The predicted octanol–water partition coefficient (Wildman–Crippen LogP) is 0.394. The molecule has 0 bridgehead atoms. The third kappa shape index (κ3) is 4.35. The van der Waals surface area contributed by atoms with Crippen LogP contribution < -0.4 is 0 Å². The number of carbonyl (C=O) groups is 2. The topological polar surface area (TPSA) is 79.3 Å². The van der Waals surface area contributed by atoms with Crippen LogP contribution in [0.3, 0.4) is 0 Å². The minimum Gasteiger partial charge on any atom is -0.481 e. The molecule has 0 atom stereocenters. The number of rotatable bonds is 4. The fraction of sp³-hybridized carbons (Fsp3) is 0.846. The summed E-state index contributed by atoms with van der Waals surface area (Å²) < 4.78 is 10.8. The number of amides is 2. The van der Waals surface area contributed by atoms with E-state index in [0.717, 1.165) is 12.8 Å². The van der Waals surface area contributed by atoms with E-state index in [1.165, 1.54) is 0 Å². The van der Waals surface area contributed by atoms with E-state index in [0.29, 0.717) is 39.4 Å². The minimum atomic E-state index is -0.843. The maximum absolute atomic E-state index is 12.2. The fourth-order valence-electron chi connectivity index (χ4n) is 2.48. The van der Waals surface area contributed by atoms with Crippen LogP contribution in [0.25, 0.3) is 0 Å². The third-order valence-corrected chi connectivity index (χ3v) is 3.66. The second-order valence-electron chi connectivity index (χ2n) is 5.08. The van der Waals surface area contributed by atoms with E-state index in [4.69, 9.17) is 14.6 Å². The SMILES string of the molecule is O=C(O)CCOC1CCN(C(=O)N2CCOCC2)CC1. The van der Waals surface area contributed by atoms with Gasteiger partial charge in [0, 0.05) is 26.2 Å². The Labute approximate surface area is 118 Å². The van der Waals surface area contributed by atoms with Gasteiger partial charge >= 0.3 is 12.0 Å². The van der Waals surface area contributed by atoms with E-state index in [1.807, 2.05) is 9.80 Å². The lowest BCUT2D eigenvalue weighted by atomic mass is 10.1. The molecule has 2 aliphatic rings. The molecule has 0 aromatic rings. The van der Waals surface area contributed by atoms with Gasteiger partial charge in [-0.1, -0.05) is 0 Å². The lowest BCUT2D eigenvalue weighted by molar-refractivity contribution is -0.138. The highest BCUT2D eigenvalue weighted by atomic mass is 16.5. The summed E-state index contributed by atoms with van der Waals surface area (Å²) in [6, 6.07) is 0.0808. The third-order valence-electron chi connectivity index (χ3n) is 3.66. The van der Waals surface area contributed by atoms with Crippen LogP contribution >= 0.6 is 0 Å². The Morgan fingerprint density at radius 1 is 1.10 bits per heavy atom. The van der Waals surface area contributed by atoms with Crippen LogP contribution in [0.5, 0.6) is 0 Å². The molecule has 2 saturated heterocycles. The zero-order valence-corrected chi connectivity index (χ0v) is 11.6. The summed E-state index contributed by atoms with van der Waals surface area (Å²) >= 11 is 0. The highest BCUT2D eigenvalue weighted by Gasteiger charge is 2.27. The molecule has 0 aliphatic carbocycles. The van der Waals surface area contributed by atoms with Gasteiger partial charge in [-0.3, -0.25) is 4.79 Å². The van der Waals surface area contributed by atoms with Crippen molar-refractivity contribution in [2.75, 3.05) is 46.0 Å². The van der Waals surface area contributed by atoms with Gasteiger partial charge in [-0.05, 0) is 12.8 Å². The van der Waals surface area contributed by atoms with Crippen molar-refractivity contribution < 1.29 is 24.2 Å². The molecule has 7 nitrogen and oxygen atoms in total. The molecule has 0 unspecified atom stereocenters. The fourth-order valence-corrected chi connectivity index (χ4v) is 2.48. The Bertz CT molecular complexity index is 336. The normalized spacial score (nSPS) is 21.0. The predicted molar refractivity (Wildman–Crippen MR) is 70.6 cm³/mol. The van der Waals surface area contributed by atoms with Crippen molar-refractivity contribution in [3.05, 3.63) is 0 Å². The first kappa shape index (κ1) is 15.1. The molecular weight excluding hydrogens is 264 g/mol. The van der Waals surface area contributed by atoms with E-state index in [2.05, 4.69) is 0 Å². The summed E-state index contributed by atoms with van der Waals surface area (Å²) in [5, 5.41) is 8.55. The van der Waals surface area contributed by atoms with Crippen molar-refractivity contribution in [3.63, 3.8) is 0 Å². The molecule has 1 N–H and O–H groups in total. The van der Waals surface area contributed by atoms with E-state index in [9.17, 15) is 9.59 Å². The number of carbonyl (C=O) groups excluding carboxylic acids is 1. The molecule has 2 amide bonds. The number of likely N-dealkylation sites (tertiary alicyclic amines) is 1. The zero-order valence-electron chi connectivity index (χ0n) is 11.6. The molecule has 2 aliphatic heterocycles. The molecule has 0 spiro atoms. The maximum Gasteiger partial charge on any atom is 0.320 e. The minimum absolute atomic E-state index is 0.0346. The van der Waals surface area contributed by atoms with Crippen molar-refractivity contribution >= 4 is 12.0 Å². The smallest absolute Gasteiger partial charge is 0.320 e. The molecular formula is C13H22N2O5. The standard InChI is InChI=1S/C13H22N2O5/c16-12(17)3-8-20-11-1-4-14(5-2-11)13(18)15-6-9-19-10-7-15/h11H,1-10H2,(H,16,17). The Hall–Kier alpha value is -1.34. The molecule has 7 heteroatoms. The van der Waals surface area contributed by atoms with Crippen molar-refractivity contribution in [1.82, 2.24) is 9.80 Å². The van der Waals surface area contributed by atoms with Crippen LogP contribution in [-0.4, -0.2) is 79.0 Å². The molecule has 2 fully saturated rings. The lowest BCUT2D eigenvalue weighted by Gasteiger charge is -2.36. The molecule has 0 saturated carbocycles. The van der Waals surface area contributed by atoms with Crippen LogP contribution in [0.2, 0.25) is 0 Å². The molecule has 20 heavy (non-hydrogen) atoms. The molecule has 114 valence electrons. The number of piperidine rings is 1. The van der Waals surface area contributed by atoms with Gasteiger partial charge in [0.05, 0.1) is 32.3 Å². The quantitative estimate of drug-likeness (QED) is 0.809. The van der Waals surface area contributed by atoms with E-state index in [1.54, 1.807) is 0 Å². The van der Waals surface area contributed by atoms with Gasteiger partial charge in [-0.2, -0.15) is 0 Å². The van der Waals surface area contributed by atoms with E-state index >= 15 is 0 Å². The molecule has 0 aromatic carbocycles. The first-order valence-corrected chi connectivity index (χ1v) is 7.12. The highest BCUT2D eigenvalue weighted by molar-refractivity contribution is 5.74. The average Bonchev–Trinajstić information content (AvgIpc) is 2.48. The monoisotopic (exact) mass is 286 g/mol. The first-order chi connectivity index (χ1) is 9.66. The Morgan fingerprint density at radius 3 is 2.30 bits per heavy atom. The van der Waals surface area contributed by atoms with Crippen LogP contribution in [0.15, 0.2) is 0 Å². The maximum atomic E-state index is 12.2. The summed E-state index contributed by atoms with van der Waals surface area (Å²) in [6.07, 6.45) is 1.65. The summed E-state index contributed by atoms with van der Waals surface area (Å²) in [7, 11) is 0. The Morgan fingerprint density at radius 2 is 1.70 bits per heavy atom. The van der Waals surface area contributed by atoms with Gasteiger partial charge in [-0.15, -0.1) is 0 Å². The number of carboxylic acid groups (broad SMARTS) is 1. The van der Waals surface area contributed by atoms with Gasteiger partial charge in [0.15, 0.2) is 0 Å².